The molecule has 1 saturated heterocycles. The van der Waals surface area contributed by atoms with Gasteiger partial charge in [0.25, 0.3) is 0 Å². The van der Waals surface area contributed by atoms with E-state index in [1.807, 2.05) is 23.1 Å². The lowest BCUT2D eigenvalue weighted by Crippen LogP contribution is -2.43. The molecule has 0 unspecified atom stereocenters. The normalized spacial score (nSPS) is 17.1. The Hall–Kier alpha value is -1.92. The summed E-state index contributed by atoms with van der Waals surface area (Å²) < 4.78 is 28.6. The molecule has 0 amide bonds. The monoisotopic (exact) mass is 354 g/mol. The third kappa shape index (κ3) is 3.60. The van der Waals surface area contributed by atoms with Gasteiger partial charge in [0.05, 0.1) is 11.8 Å². The topological polar surface area (TPSA) is 45.6 Å². The highest BCUT2D eigenvalue weighted by atomic mass is 35.5. The molecule has 7 heteroatoms. The van der Waals surface area contributed by atoms with Crippen LogP contribution in [0.2, 0.25) is 5.02 Å². The van der Waals surface area contributed by atoms with Gasteiger partial charge in [0.15, 0.2) is 0 Å². The van der Waals surface area contributed by atoms with Gasteiger partial charge >= 0.3 is 6.61 Å². The minimum Gasteiger partial charge on any atom is -0.433 e. The molecule has 24 heavy (non-hydrogen) atoms. The van der Waals surface area contributed by atoms with Gasteiger partial charge in [0.2, 0.25) is 0 Å². The molecule has 1 aromatic heterocycles. The van der Waals surface area contributed by atoms with E-state index in [0.29, 0.717) is 36.8 Å². The maximum absolute atomic E-state index is 12.2. The molecule has 4 nitrogen and oxygen atoms in total. The summed E-state index contributed by atoms with van der Waals surface area (Å²) >= 11 is 6.20. The smallest absolute Gasteiger partial charge is 0.387 e. The SMILES string of the molecule is OC1(c2ccccc2Cl)CCN(c2ccc(OC(F)F)cn2)CC1. The van der Waals surface area contributed by atoms with E-state index in [2.05, 4.69) is 9.72 Å². The zero-order chi connectivity index (χ0) is 17.2. The number of anilines is 1. The standard InChI is InChI=1S/C17H17ClF2N2O2/c18-14-4-2-1-3-13(14)17(23)7-9-22(10-8-17)15-6-5-12(11-21-15)24-16(19)20/h1-6,11,16,23H,7-10H2. The number of halogens is 3. The second kappa shape index (κ2) is 6.91. The van der Waals surface area contributed by atoms with Crippen molar-refractivity contribution in [1.82, 2.24) is 4.98 Å². The first-order valence-electron chi connectivity index (χ1n) is 7.61. The molecule has 2 aromatic rings. The Morgan fingerprint density at radius 3 is 2.46 bits per heavy atom. The molecule has 1 fully saturated rings. The molecule has 0 atom stereocenters. The number of hydrogen-bond acceptors (Lipinski definition) is 4. The first kappa shape index (κ1) is 16.9. The van der Waals surface area contributed by atoms with Crippen LogP contribution in [0.15, 0.2) is 42.6 Å². The van der Waals surface area contributed by atoms with Crippen molar-refractivity contribution in [3.63, 3.8) is 0 Å². The fourth-order valence-corrected chi connectivity index (χ4v) is 3.26. The number of aromatic nitrogens is 1. The Morgan fingerprint density at radius 2 is 1.88 bits per heavy atom. The molecular formula is C17H17ClF2N2O2. The van der Waals surface area contributed by atoms with Gasteiger partial charge in [-0.15, -0.1) is 0 Å². The number of piperidine rings is 1. The lowest BCUT2D eigenvalue weighted by Gasteiger charge is -2.39. The Labute approximate surface area is 143 Å². The maximum atomic E-state index is 12.2. The minimum absolute atomic E-state index is 0.0262. The van der Waals surface area contributed by atoms with E-state index >= 15 is 0 Å². The molecule has 3 rings (SSSR count). The fraction of sp³-hybridized carbons (Fsp3) is 0.353. The van der Waals surface area contributed by atoms with E-state index in [-0.39, 0.29) is 5.75 Å². The number of pyridine rings is 1. The van der Waals surface area contributed by atoms with E-state index in [4.69, 9.17) is 11.6 Å². The first-order valence-corrected chi connectivity index (χ1v) is 7.99. The van der Waals surface area contributed by atoms with Crippen LogP contribution in [0.4, 0.5) is 14.6 Å². The zero-order valence-electron chi connectivity index (χ0n) is 12.8. The van der Waals surface area contributed by atoms with Crippen LogP contribution in [-0.2, 0) is 5.60 Å². The van der Waals surface area contributed by atoms with Crippen LogP contribution in [0.1, 0.15) is 18.4 Å². The first-order chi connectivity index (χ1) is 11.5. The van der Waals surface area contributed by atoms with Crippen molar-refractivity contribution in [3.8, 4) is 5.75 Å². The van der Waals surface area contributed by atoms with Gasteiger partial charge < -0.3 is 14.7 Å². The van der Waals surface area contributed by atoms with Gasteiger partial charge in [-0.05, 0) is 31.0 Å². The summed E-state index contributed by atoms with van der Waals surface area (Å²) in [6.45, 7) is -1.69. The third-order valence-corrected chi connectivity index (χ3v) is 4.57. The maximum Gasteiger partial charge on any atom is 0.387 e. The minimum atomic E-state index is -2.86. The lowest BCUT2D eigenvalue weighted by atomic mass is 9.84. The molecular weight excluding hydrogens is 338 g/mol. The van der Waals surface area contributed by atoms with Gasteiger partial charge in [0, 0.05) is 23.7 Å². The van der Waals surface area contributed by atoms with Crippen LogP contribution in [0, 0.1) is 0 Å². The average molecular weight is 355 g/mol. The number of hydrogen-bond donors (Lipinski definition) is 1. The van der Waals surface area contributed by atoms with Crippen molar-refractivity contribution < 1.29 is 18.6 Å². The van der Waals surface area contributed by atoms with Crippen molar-refractivity contribution >= 4 is 17.4 Å². The summed E-state index contributed by atoms with van der Waals surface area (Å²) in [6, 6.07) is 10.4. The molecule has 0 saturated carbocycles. The molecule has 0 bridgehead atoms. The van der Waals surface area contributed by atoms with E-state index in [1.165, 1.54) is 12.3 Å². The Morgan fingerprint density at radius 1 is 1.17 bits per heavy atom. The van der Waals surface area contributed by atoms with Crippen molar-refractivity contribution in [2.45, 2.75) is 25.1 Å². The van der Waals surface area contributed by atoms with Crippen LogP contribution in [0.25, 0.3) is 0 Å². The second-order valence-electron chi connectivity index (χ2n) is 5.73. The number of benzene rings is 1. The Balaban J connectivity index is 1.67. The number of nitrogens with zero attached hydrogens (tertiary/aromatic N) is 2. The molecule has 0 aliphatic carbocycles. The van der Waals surface area contributed by atoms with Crippen molar-refractivity contribution in [2.24, 2.45) is 0 Å². The van der Waals surface area contributed by atoms with Gasteiger partial charge in [-0.1, -0.05) is 29.8 Å². The van der Waals surface area contributed by atoms with Crippen molar-refractivity contribution in [3.05, 3.63) is 53.2 Å². The van der Waals surface area contributed by atoms with Crippen LogP contribution < -0.4 is 9.64 Å². The highest BCUT2D eigenvalue weighted by Gasteiger charge is 2.35. The highest BCUT2D eigenvalue weighted by Crippen LogP contribution is 2.37. The largest absolute Gasteiger partial charge is 0.433 e. The van der Waals surface area contributed by atoms with Crippen molar-refractivity contribution in [1.29, 1.82) is 0 Å². The van der Waals surface area contributed by atoms with Gasteiger partial charge in [-0.3, -0.25) is 0 Å². The summed E-state index contributed by atoms with van der Waals surface area (Å²) in [5, 5.41) is 11.5. The molecule has 0 radical (unpaired) electrons. The van der Waals surface area contributed by atoms with E-state index in [0.717, 1.165) is 5.56 Å². The van der Waals surface area contributed by atoms with E-state index in [9.17, 15) is 13.9 Å². The average Bonchev–Trinajstić information content (AvgIpc) is 2.56. The summed E-state index contributed by atoms with van der Waals surface area (Å²) in [6.07, 6.45) is 2.29. The number of rotatable bonds is 4. The van der Waals surface area contributed by atoms with Crippen LogP contribution in [-0.4, -0.2) is 29.8 Å². The molecule has 1 aromatic carbocycles. The summed E-state index contributed by atoms with van der Waals surface area (Å²) in [4.78, 5) is 6.15. The number of alkyl halides is 2. The van der Waals surface area contributed by atoms with Crippen LogP contribution >= 0.6 is 11.6 Å². The van der Waals surface area contributed by atoms with E-state index in [1.54, 1.807) is 12.1 Å². The second-order valence-corrected chi connectivity index (χ2v) is 6.14. The quantitative estimate of drug-likeness (QED) is 0.906. The zero-order valence-corrected chi connectivity index (χ0v) is 13.6. The predicted molar refractivity (Wildman–Crippen MR) is 87.7 cm³/mol. The van der Waals surface area contributed by atoms with Gasteiger partial charge in [0.1, 0.15) is 11.6 Å². The summed E-state index contributed by atoms with van der Waals surface area (Å²) in [5.41, 5.74) is -0.229. The summed E-state index contributed by atoms with van der Waals surface area (Å²) in [7, 11) is 0. The van der Waals surface area contributed by atoms with Crippen LogP contribution in [0.5, 0.6) is 5.75 Å². The number of ether oxygens (including phenoxy) is 1. The van der Waals surface area contributed by atoms with Gasteiger partial charge in [-0.2, -0.15) is 8.78 Å². The summed E-state index contributed by atoms with van der Waals surface area (Å²) in [5.74, 6) is 0.691. The Bertz CT molecular complexity index is 689. The lowest BCUT2D eigenvalue weighted by molar-refractivity contribution is -0.0500. The van der Waals surface area contributed by atoms with E-state index < -0.39 is 12.2 Å². The van der Waals surface area contributed by atoms with Crippen molar-refractivity contribution in [2.75, 3.05) is 18.0 Å². The molecule has 0 spiro atoms. The molecule has 1 aliphatic heterocycles. The molecule has 1 aliphatic rings. The highest BCUT2D eigenvalue weighted by molar-refractivity contribution is 6.31. The Kier molecular flexibility index (Phi) is 4.87. The predicted octanol–water partition coefficient (Wildman–Crippen LogP) is 3.82. The van der Waals surface area contributed by atoms with Crippen LogP contribution in [0.3, 0.4) is 0 Å². The molecule has 128 valence electrons. The molecule has 1 N–H and O–H groups in total. The molecule has 2 heterocycles. The number of aliphatic hydroxyl groups is 1. The fourth-order valence-electron chi connectivity index (χ4n) is 2.95. The van der Waals surface area contributed by atoms with Gasteiger partial charge in [-0.25, -0.2) is 4.98 Å². The third-order valence-electron chi connectivity index (χ3n) is 4.24.